The van der Waals surface area contributed by atoms with E-state index in [0.717, 1.165) is 0 Å². The van der Waals surface area contributed by atoms with Crippen molar-refractivity contribution in [2.75, 3.05) is 0 Å². The summed E-state index contributed by atoms with van der Waals surface area (Å²) in [6.45, 7) is 3.87. The highest BCUT2D eigenvalue weighted by Crippen LogP contribution is 2.17. The Bertz CT molecular complexity index is 315. The lowest BCUT2D eigenvalue weighted by molar-refractivity contribution is 0.242. The molecule has 1 aromatic rings. The number of rotatable bonds is 3. The van der Waals surface area contributed by atoms with Gasteiger partial charge in [-0.2, -0.15) is 0 Å². The number of hydrogen-bond donors (Lipinski definition) is 2. The maximum absolute atomic E-state index is 8.96. The summed E-state index contributed by atoms with van der Waals surface area (Å²) < 4.78 is 6.07. The summed E-state index contributed by atoms with van der Waals surface area (Å²) in [7, 11) is -1.46. The summed E-state index contributed by atoms with van der Waals surface area (Å²) in [4.78, 5) is 0. The van der Waals surface area contributed by atoms with Crippen LogP contribution >= 0.6 is 15.9 Å². The lowest BCUT2D eigenvalue weighted by Crippen LogP contribution is -2.30. The first-order valence-electron chi connectivity index (χ1n) is 4.33. The van der Waals surface area contributed by atoms with Crippen molar-refractivity contribution in [3.63, 3.8) is 0 Å². The first-order chi connectivity index (χ1) is 6.50. The third-order valence-corrected chi connectivity index (χ3v) is 2.31. The van der Waals surface area contributed by atoms with E-state index in [4.69, 9.17) is 14.8 Å². The summed E-state index contributed by atoms with van der Waals surface area (Å²) in [5, 5.41) is 17.9. The molecular formula is C9H12BBrO3. The minimum atomic E-state index is -1.46. The Morgan fingerprint density at radius 2 is 2.00 bits per heavy atom. The fourth-order valence-electron chi connectivity index (χ4n) is 1.06. The smallest absolute Gasteiger partial charge is 0.489 e. The average Bonchev–Trinajstić information content (AvgIpc) is 2.01. The highest BCUT2D eigenvalue weighted by Gasteiger charge is 2.15. The third-order valence-electron chi connectivity index (χ3n) is 1.62. The molecule has 76 valence electrons. The Morgan fingerprint density at radius 1 is 1.36 bits per heavy atom. The quantitative estimate of drug-likeness (QED) is 0.793. The monoisotopic (exact) mass is 258 g/mol. The molecule has 0 amide bonds. The van der Waals surface area contributed by atoms with Crippen molar-refractivity contribution in [3.8, 4) is 5.75 Å². The summed E-state index contributed by atoms with van der Waals surface area (Å²) in [5.74, 6) is 0.705. The molecule has 1 rings (SSSR count). The zero-order chi connectivity index (χ0) is 10.7. The van der Waals surface area contributed by atoms with Crippen LogP contribution in [0.4, 0.5) is 0 Å². The predicted octanol–water partition coefficient (Wildman–Crippen LogP) is 0.916. The fourth-order valence-corrected chi connectivity index (χ4v) is 1.63. The van der Waals surface area contributed by atoms with Crippen molar-refractivity contribution in [2.45, 2.75) is 20.0 Å². The maximum atomic E-state index is 8.96. The Hall–Kier alpha value is -0.515. The van der Waals surface area contributed by atoms with Crippen LogP contribution in [0.1, 0.15) is 13.8 Å². The largest absolute Gasteiger partial charge is 0.491 e. The summed E-state index contributed by atoms with van der Waals surface area (Å²) in [6, 6.07) is 5.04. The molecule has 2 N–H and O–H groups in total. The van der Waals surface area contributed by atoms with Crippen molar-refractivity contribution in [1.82, 2.24) is 0 Å². The van der Waals surface area contributed by atoms with Gasteiger partial charge in [-0.1, -0.05) is 22.0 Å². The van der Waals surface area contributed by atoms with Crippen LogP contribution in [0.3, 0.4) is 0 Å². The van der Waals surface area contributed by atoms with Gasteiger partial charge in [0.1, 0.15) is 5.75 Å². The molecule has 0 saturated carbocycles. The van der Waals surface area contributed by atoms with Crippen molar-refractivity contribution < 1.29 is 14.8 Å². The fraction of sp³-hybridized carbons (Fsp3) is 0.333. The molecule has 0 fully saturated rings. The van der Waals surface area contributed by atoms with E-state index in [0.29, 0.717) is 15.7 Å². The first kappa shape index (κ1) is 11.6. The molecule has 14 heavy (non-hydrogen) atoms. The third kappa shape index (κ3) is 3.01. The molecule has 1 aromatic carbocycles. The van der Waals surface area contributed by atoms with E-state index >= 15 is 0 Å². The van der Waals surface area contributed by atoms with E-state index < -0.39 is 7.12 Å². The van der Waals surface area contributed by atoms with E-state index in [2.05, 4.69) is 15.9 Å². The Kier molecular flexibility index (Phi) is 3.98. The Morgan fingerprint density at radius 3 is 2.43 bits per heavy atom. The van der Waals surface area contributed by atoms with Gasteiger partial charge in [-0.05, 0) is 31.4 Å². The van der Waals surface area contributed by atoms with Gasteiger partial charge in [-0.3, -0.25) is 0 Å². The number of ether oxygens (including phenoxy) is 1. The molecule has 0 aromatic heterocycles. The van der Waals surface area contributed by atoms with Crippen molar-refractivity contribution in [3.05, 3.63) is 22.7 Å². The van der Waals surface area contributed by atoms with E-state index in [1.54, 1.807) is 18.2 Å². The molecule has 0 saturated heterocycles. The van der Waals surface area contributed by atoms with Gasteiger partial charge in [-0.15, -0.1) is 0 Å². The van der Waals surface area contributed by atoms with Gasteiger partial charge in [0.15, 0.2) is 0 Å². The minimum absolute atomic E-state index is 0.104. The van der Waals surface area contributed by atoms with Gasteiger partial charge in [0, 0.05) is 4.47 Å². The van der Waals surface area contributed by atoms with Gasteiger partial charge in [-0.25, -0.2) is 0 Å². The molecular weight excluding hydrogens is 247 g/mol. The van der Waals surface area contributed by atoms with Gasteiger partial charge in [0.25, 0.3) is 0 Å². The zero-order valence-corrected chi connectivity index (χ0v) is 9.65. The molecule has 0 radical (unpaired) electrons. The Balaban J connectivity index is 2.89. The molecule has 0 aliphatic rings. The topological polar surface area (TPSA) is 49.7 Å². The molecule has 0 bridgehead atoms. The van der Waals surface area contributed by atoms with Crippen LogP contribution in [0.2, 0.25) is 0 Å². The van der Waals surface area contributed by atoms with Crippen molar-refractivity contribution >= 4 is 28.5 Å². The van der Waals surface area contributed by atoms with Crippen LogP contribution in [-0.4, -0.2) is 23.3 Å². The van der Waals surface area contributed by atoms with Gasteiger partial charge in [0.2, 0.25) is 0 Å². The molecule has 0 unspecified atom stereocenters. The van der Waals surface area contributed by atoms with E-state index in [-0.39, 0.29) is 6.10 Å². The standard InChI is InChI=1S/C9H12BBrO3/c1-6(2)14-7-3-4-8(10(12)13)9(11)5-7/h3-6,12-13H,1-2H3. The summed E-state index contributed by atoms with van der Waals surface area (Å²) >= 11 is 3.24. The molecule has 5 heteroatoms. The highest BCUT2D eigenvalue weighted by atomic mass is 79.9. The van der Waals surface area contributed by atoms with Gasteiger partial charge >= 0.3 is 7.12 Å². The molecule has 0 aliphatic carbocycles. The molecule has 0 heterocycles. The van der Waals surface area contributed by atoms with E-state index in [1.165, 1.54) is 0 Å². The number of benzene rings is 1. The van der Waals surface area contributed by atoms with Crippen LogP contribution < -0.4 is 10.2 Å². The van der Waals surface area contributed by atoms with Gasteiger partial charge in [0.05, 0.1) is 6.10 Å². The lowest BCUT2D eigenvalue weighted by Gasteiger charge is -2.11. The highest BCUT2D eigenvalue weighted by molar-refractivity contribution is 9.10. The van der Waals surface area contributed by atoms with Crippen LogP contribution in [-0.2, 0) is 0 Å². The lowest BCUT2D eigenvalue weighted by atomic mass is 9.80. The molecule has 0 atom stereocenters. The van der Waals surface area contributed by atoms with Gasteiger partial charge < -0.3 is 14.8 Å². The van der Waals surface area contributed by atoms with Crippen molar-refractivity contribution in [2.24, 2.45) is 0 Å². The molecule has 3 nitrogen and oxygen atoms in total. The molecule has 0 spiro atoms. The second-order valence-corrected chi connectivity index (χ2v) is 4.08. The second kappa shape index (κ2) is 4.82. The predicted molar refractivity (Wildman–Crippen MR) is 59.7 cm³/mol. The van der Waals surface area contributed by atoms with Crippen LogP contribution in [0.15, 0.2) is 22.7 Å². The zero-order valence-electron chi connectivity index (χ0n) is 8.07. The minimum Gasteiger partial charge on any atom is -0.491 e. The SMILES string of the molecule is CC(C)Oc1ccc(B(O)O)c(Br)c1. The van der Waals surface area contributed by atoms with E-state index in [9.17, 15) is 0 Å². The first-order valence-corrected chi connectivity index (χ1v) is 5.12. The number of hydrogen-bond acceptors (Lipinski definition) is 3. The van der Waals surface area contributed by atoms with Crippen molar-refractivity contribution in [1.29, 1.82) is 0 Å². The molecule has 0 aliphatic heterocycles. The second-order valence-electron chi connectivity index (χ2n) is 3.22. The maximum Gasteiger partial charge on any atom is 0.489 e. The average molecular weight is 259 g/mol. The number of halogens is 1. The Labute approximate surface area is 92.0 Å². The normalized spacial score (nSPS) is 10.4. The van der Waals surface area contributed by atoms with Crippen LogP contribution in [0, 0.1) is 0 Å². The van der Waals surface area contributed by atoms with Crippen LogP contribution in [0.25, 0.3) is 0 Å². The summed E-state index contributed by atoms with van der Waals surface area (Å²) in [5.41, 5.74) is 0.432. The van der Waals surface area contributed by atoms with E-state index in [1.807, 2.05) is 13.8 Å². The van der Waals surface area contributed by atoms with Crippen LogP contribution in [0.5, 0.6) is 5.75 Å². The summed E-state index contributed by atoms with van der Waals surface area (Å²) in [6.07, 6.45) is 0.104.